The highest BCUT2D eigenvalue weighted by molar-refractivity contribution is 9.10. The summed E-state index contributed by atoms with van der Waals surface area (Å²) in [7, 11) is 0. The molecule has 0 radical (unpaired) electrons. The molecule has 0 bridgehead atoms. The van der Waals surface area contributed by atoms with Gasteiger partial charge in [0.15, 0.2) is 0 Å². The zero-order valence-electron chi connectivity index (χ0n) is 10.1. The van der Waals surface area contributed by atoms with E-state index in [2.05, 4.69) is 22.5 Å². The fraction of sp³-hybridized carbons (Fsp3) is 0.214. The molecule has 0 aromatic heterocycles. The number of benzene rings is 1. The summed E-state index contributed by atoms with van der Waals surface area (Å²) in [6.07, 6.45) is 3.45. The molecule has 18 heavy (non-hydrogen) atoms. The molecule has 0 atom stereocenters. The van der Waals surface area contributed by atoms with Gasteiger partial charge in [0.2, 0.25) is 0 Å². The van der Waals surface area contributed by atoms with E-state index in [9.17, 15) is 4.79 Å². The number of ether oxygens (including phenoxy) is 1. The van der Waals surface area contributed by atoms with Gasteiger partial charge in [-0.1, -0.05) is 25.6 Å². The first-order chi connectivity index (χ1) is 8.54. The van der Waals surface area contributed by atoms with E-state index in [1.807, 2.05) is 19.1 Å². The molecule has 0 saturated carbocycles. The van der Waals surface area contributed by atoms with E-state index >= 15 is 0 Å². The largest absolute Gasteiger partial charge is 0.487 e. The van der Waals surface area contributed by atoms with E-state index in [4.69, 9.17) is 9.84 Å². The van der Waals surface area contributed by atoms with Crippen molar-refractivity contribution >= 4 is 28.0 Å². The molecule has 0 heterocycles. The summed E-state index contributed by atoms with van der Waals surface area (Å²) in [4.78, 5) is 10.5. The number of para-hydroxylation sites is 1. The molecule has 0 amide bonds. The first kappa shape index (κ1) is 14.5. The maximum atomic E-state index is 10.5. The lowest BCUT2D eigenvalue weighted by atomic mass is 10.2. The van der Waals surface area contributed by atoms with Crippen LogP contribution in [-0.4, -0.2) is 17.7 Å². The van der Waals surface area contributed by atoms with Crippen molar-refractivity contribution in [2.24, 2.45) is 0 Å². The van der Waals surface area contributed by atoms with Crippen LogP contribution in [-0.2, 0) is 4.79 Å². The fourth-order valence-electron chi connectivity index (χ4n) is 1.25. The standard InChI is InChI=1S/C14H15BrO3/c1-3-10(2)9-18-14-11(7-8-13(16)17)5-4-6-12(14)15/h4-8H,2-3,9H2,1H3,(H,16,17). The van der Waals surface area contributed by atoms with Crippen molar-refractivity contribution in [1.82, 2.24) is 0 Å². The maximum absolute atomic E-state index is 10.5. The molecule has 1 aromatic rings. The van der Waals surface area contributed by atoms with Gasteiger partial charge in [-0.2, -0.15) is 0 Å². The number of aliphatic carboxylic acids is 1. The number of carboxylic acids is 1. The van der Waals surface area contributed by atoms with Crippen LogP contribution in [0.1, 0.15) is 18.9 Å². The molecule has 0 fully saturated rings. The highest BCUT2D eigenvalue weighted by atomic mass is 79.9. The van der Waals surface area contributed by atoms with Gasteiger partial charge >= 0.3 is 5.97 Å². The van der Waals surface area contributed by atoms with Crippen LogP contribution < -0.4 is 4.74 Å². The van der Waals surface area contributed by atoms with Gasteiger partial charge in [0.05, 0.1) is 4.47 Å². The Morgan fingerprint density at radius 1 is 1.56 bits per heavy atom. The second-order valence-electron chi connectivity index (χ2n) is 3.72. The predicted octanol–water partition coefficient (Wildman–Crippen LogP) is 3.89. The second-order valence-corrected chi connectivity index (χ2v) is 4.58. The minimum Gasteiger partial charge on any atom is -0.487 e. The lowest BCUT2D eigenvalue weighted by Gasteiger charge is -2.11. The average molecular weight is 311 g/mol. The summed E-state index contributed by atoms with van der Waals surface area (Å²) < 4.78 is 6.45. The van der Waals surface area contributed by atoms with Gasteiger partial charge in [0, 0.05) is 11.6 Å². The van der Waals surface area contributed by atoms with Crippen LogP contribution >= 0.6 is 15.9 Å². The minimum atomic E-state index is -0.987. The molecule has 1 rings (SSSR count). The van der Waals surface area contributed by atoms with Gasteiger partial charge < -0.3 is 9.84 Å². The number of rotatable bonds is 6. The summed E-state index contributed by atoms with van der Waals surface area (Å²) in [6, 6.07) is 5.48. The Labute approximate surface area is 115 Å². The molecular formula is C14H15BrO3. The van der Waals surface area contributed by atoms with Crippen LogP contribution in [0.4, 0.5) is 0 Å². The Morgan fingerprint density at radius 2 is 2.28 bits per heavy atom. The molecule has 0 aliphatic carbocycles. The Morgan fingerprint density at radius 3 is 2.89 bits per heavy atom. The third kappa shape index (κ3) is 4.37. The first-order valence-electron chi connectivity index (χ1n) is 5.53. The zero-order valence-corrected chi connectivity index (χ0v) is 11.7. The summed E-state index contributed by atoms with van der Waals surface area (Å²) in [5.74, 6) is -0.358. The van der Waals surface area contributed by atoms with Crippen molar-refractivity contribution in [1.29, 1.82) is 0 Å². The third-order valence-electron chi connectivity index (χ3n) is 2.32. The molecule has 0 aliphatic rings. The minimum absolute atomic E-state index is 0.424. The van der Waals surface area contributed by atoms with Crippen molar-refractivity contribution in [2.75, 3.05) is 6.61 Å². The van der Waals surface area contributed by atoms with E-state index in [0.29, 0.717) is 12.4 Å². The Bertz CT molecular complexity index is 478. The molecule has 0 saturated heterocycles. The molecular weight excluding hydrogens is 296 g/mol. The number of carboxylic acid groups (broad SMARTS) is 1. The monoisotopic (exact) mass is 310 g/mol. The van der Waals surface area contributed by atoms with E-state index < -0.39 is 5.97 Å². The molecule has 4 heteroatoms. The summed E-state index contributed by atoms with van der Waals surface area (Å²) in [5.41, 5.74) is 1.70. The van der Waals surface area contributed by atoms with Crippen molar-refractivity contribution in [3.63, 3.8) is 0 Å². The van der Waals surface area contributed by atoms with Crippen LogP contribution in [0.2, 0.25) is 0 Å². The van der Waals surface area contributed by atoms with Gasteiger partial charge in [0.25, 0.3) is 0 Å². The quantitative estimate of drug-likeness (QED) is 0.640. The van der Waals surface area contributed by atoms with Gasteiger partial charge in [-0.15, -0.1) is 0 Å². The van der Waals surface area contributed by atoms with Crippen LogP contribution in [0.3, 0.4) is 0 Å². The predicted molar refractivity (Wildman–Crippen MR) is 75.7 cm³/mol. The summed E-state index contributed by atoms with van der Waals surface area (Å²) in [5, 5.41) is 8.64. The maximum Gasteiger partial charge on any atom is 0.328 e. The van der Waals surface area contributed by atoms with E-state index in [1.54, 1.807) is 6.07 Å². The van der Waals surface area contributed by atoms with E-state index in [-0.39, 0.29) is 0 Å². The number of hydrogen-bond acceptors (Lipinski definition) is 2. The highest BCUT2D eigenvalue weighted by Crippen LogP contribution is 2.30. The van der Waals surface area contributed by atoms with Crippen LogP contribution in [0.25, 0.3) is 6.08 Å². The lowest BCUT2D eigenvalue weighted by Crippen LogP contribution is -2.01. The molecule has 0 aliphatic heterocycles. The van der Waals surface area contributed by atoms with Crippen LogP contribution in [0.15, 0.2) is 40.9 Å². The average Bonchev–Trinajstić information content (AvgIpc) is 2.34. The van der Waals surface area contributed by atoms with E-state index in [1.165, 1.54) is 6.08 Å². The Hall–Kier alpha value is -1.55. The molecule has 3 nitrogen and oxygen atoms in total. The first-order valence-corrected chi connectivity index (χ1v) is 6.32. The van der Waals surface area contributed by atoms with Crippen molar-refractivity contribution in [2.45, 2.75) is 13.3 Å². The van der Waals surface area contributed by atoms with E-state index in [0.717, 1.165) is 28.1 Å². The van der Waals surface area contributed by atoms with Crippen molar-refractivity contribution < 1.29 is 14.6 Å². The Balaban J connectivity index is 2.93. The number of hydrogen-bond donors (Lipinski definition) is 1. The van der Waals surface area contributed by atoms with Gasteiger partial charge in [-0.3, -0.25) is 0 Å². The smallest absolute Gasteiger partial charge is 0.328 e. The molecule has 1 N–H and O–H groups in total. The second kappa shape index (κ2) is 7.01. The van der Waals surface area contributed by atoms with Crippen molar-refractivity contribution in [3.05, 3.63) is 46.5 Å². The molecule has 0 unspecified atom stereocenters. The SMILES string of the molecule is C=C(CC)COc1c(Br)cccc1C=CC(=O)O. The van der Waals surface area contributed by atoms with Gasteiger partial charge in [-0.25, -0.2) is 4.79 Å². The zero-order chi connectivity index (χ0) is 13.5. The van der Waals surface area contributed by atoms with Crippen molar-refractivity contribution in [3.8, 4) is 5.75 Å². The number of halogens is 1. The molecule has 1 aromatic carbocycles. The lowest BCUT2D eigenvalue weighted by molar-refractivity contribution is -0.131. The fourth-order valence-corrected chi connectivity index (χ4v) is 1.74. The molecule has 96 valence electrons. The topological polar surface area (TPSA) is 46.5 Å². The van der Waals surface area contributed by atoms with Crippen LogP contribution in [0, 0.1) is 0 Å². The summed E-state index contributed by atoms with van der Waals surface area (Å²) in [6.45, 7) is 6.30. The Kier molecular flexibility index (Phi) is 5.65. The summed E-state index contributed by atoms with van der Waals surface area (Å²) >= 11 is 3.39. The molecule has 0 spiro atoms. The van der Waals surface area contributed by atoms with Crippen LogP contribution in [0.5, 0.6) is 5.75 Å². The third-order valence-corrected chi connectivity index (χ3v) is 2.95. The highest BCUT2D eigenvalue weighted by Gasteiger charge is 2.06. The van der Waals surface area contributed by atoms with Gasteiger partial charge in [0.1, 0.15) is 12.4 Å². The van der Waals surface area contributed by atoms with Gasteiger partial charge in [-0.05, 0) is 40.1 Å². The number of carbonyl (C=O) groups is 1. The normalized spacial score (nSPS) is 10.6.